The van der Waals surface area contributed by atoms with Crippen molar-refractivity contribution in [2.75, 3.05) is 27.3 Å². The summed E-state index contributed by atoms with van der Waals surface area (Å²) in [4.78, 5) is 0. The van der Waals surface area contributed by atoms with Crippen molar-refractivity contribution in [2.24, 2.45) is 17.8 Å². The van der Waals surface area contributed by atoms with Crippen molar-refractivity contribution >= 4 is 0 Å². The van der Waals surface area contributed by atoms with Crippen LogP contribution in [-0.2, 0) is 4.74 Å². The molecule has 1 rings (SSSR count). The van der Waals surface area contributed by atoms with Gasteiger partial charge in [0.05, 0.1) is 0 Å². The third kappa shape index (κ3) is 3.28. The SMILES string of the molecule is CNCC1CCC(C)CC1COC. The second-order valence-electron chi connectivity index (χ2n) is 4.45. The summed E-state index contributed by atoms with van der Waals surface area (Å²) in [6.07, 6.45) is 4.11. The molecule has 0 saturated heterocycles. The van der Waals surface area contributed by atoms with Crippen LogP contribution in [-0.4, -0.2) is 27.3 Å². The Morgan fingerprint density at radius 1 is 1.31 bits per heavy atom. The minimum Gasteiger partial charge on any atom is -0.384 e. The maximum Gasteiger partial charge on any atom is 0.0493 e. The third-order valence-electron chi connectivity index (χ3n) is 3.25. The standard InChI is InChI=1S/C11H23NO/c1-9-4-5-10(7-12-2)11(6-9)8-13-3/h9-12H,4-8H2,1-3H3. The molecular weight excluding hydrogens is 162 g/mol. The van der Waals surface area contributed by atoms with Gasteiger partial charge < -0.3 is 10.1 Å². The monoisotopic (exact) mass is 185 g/mol. The summed E-state index contributed by atoms with van der Waals surface area (Å²) in [6, 6.07) is 0. The lowest BCUT2D eigenvalue weighted by Crippen LogP contribution is -2.33. The molecule has 0 spiro atoms. The molecule has 0 aliphatic heterocycles. The Balaban J connectivity index is 2.40. The van der Waals surface area contributed by atoms with Gasteiger partial charge in [-0.2, -0.15) is 0 Å². The fraction of sp³-hybridized carbons (Fsp3) is 1.00. The highest BCUT2D eigenvalue weighted by atomic mass is 16.5. The first-order valence-corrected chi connectivity index (χ1v) is 5.41. The number of hydrogen-bond acceptors (Lipinski definition) is 2. The predicted molar refractivity (Wildman–Crippen MR) is 55.8 cm³/mol. The second-order valence-corrected chi connectivity index (χ2v) is 4.45. The summed E-state index contributed by atoms with van der Waals surface area (Å²) < 4.78 is 5.28. The molecule has 13 heavy (non-hydrogen) atoms. The molecule has 1 aliphatic rings. The van der Waals surface area contributed by atoms with Crippen LogP contribution >= 0.6 is 0 Å². The summed E-state index contributed by atoms with van der Waals surface area (Å²) in [5, 5.41) is 3.29. The van der Waals surface area contributed by atoms with Crippen LogP contribution in [0.5, 0.6) is 0 Å². The Kier molecular flexibility index (Phi) is 4.74. The van der Waals surface area contributed by atoms with Crippen molar-refractivity contribution in [3.63, 3.8) is 0 Å². The Labute approximate surface area is 82.0 Å². The highest BCUT2D eigenvalue weighted by molar-refractivity contribution is 4.79. The van der Waals surface area contributed by atoms with Gasteiger partial charge in [-0.25, -0.2) is 0 Å². The van der Waals surface area contributed by atoms with Gasteiger partial charge in [0.2, 0.25) is 0 Å². The van der Waals surface area contributed by atoms with Gasteiger partial charge in [-0.05, 0) is 44.2 Å². The number of hydrogen-bond donors (Lipinski definition) is 1. The van der Waals surface area contributed by atoms with E-state index in [2.05, 4.69) is 12.2 Å². The van der Waals surface area contributed by atoms with Crippen LogP contribution in [0, 0.1) is 17.8 Å². The van der Waals surface area contributed by atoms with Gasteiger partial charge in [0, 0.05) is 13.7 Å². The van der Waals surface area contributed by atoms with E-state index < -0.39 is 0 Å². The van der Waals surface area contributed by atoms with Crippen LogP contribution in [0.3, 0.4) is 0 Å². The molecule has 0 heterocycles. The maximum absolute atomic E-state index is 5.28. The van der Waals surface area contributed by atoms with Crippen molar-refractivity contribution in [2.45, 2.75) is 26.2 Å². The largest absolute Gasteiger partial charge is 0.384 e. The average Bonchev–Trinajstić information content (AvgIpc) is 2.10. The first kappa shape index (κ1) is 11.0. The fourth-order valence-corrected chi connectivity index (χ4v) is 2.51. The van der Waals surface area contributed by atoms with Gasteiger partial charge in [-0.1, -0.05) is 13.3 Å². The minimum absolute atomic E-state index is 0.779. The van der Waals surface area contributed by atoms with Gasteiger partial charge in [0.1, 0.15) is 0 Å². The first-order chi connectivity index (χ1) is 6.27. The van der Waals surface area contributed by atoms with Crippen LogP contribution in [0.25, 0.3) is 0 Å². The zero-order valence-electron chi connectivity index (χ0n) is 9.18. The first-order valence-electron chi connectivity index (χ1n) is 5.41. The van der Waals surface area contributed by atoms with Crippen molar-refractivity contribution in [1.29, 1.82) is 0 Å². The van der Waals surface area contributed by atoms with E-state index >= 15 is 0 Å². The lowest BCUT2D eigenvalue weighted by atomic mass is 9.75. The minimum atomic E-state index is 0.779. The molecule has 0 radical (unpaired) electrons. The summed E-state index contributed by atoms with van der Waals surface area (Å²) in [7, 11) is 3.86. The van der Waals surface area contributed by atoms with Gasteiger partial charge in [-0.15, -0.1) is 0 Å². The Morgan fingerprint density at radius 2 is 2.08 bits per heavy atom. The molecule has 0 amide bonds. The molecule has 1 saturated carbocycles. The van der Waals surface area contributed by atoms with Crippen LogP contribution in [0.4, 0.5) is 0 Å². The van der Waals surface area contributed by atoms with E-state index in [1.54, 1.807) is 0 Å². The van der Waals surface area contributed by atoms with E-state index in [9.17, 15) is 0 Å². The molecule has 1 N–H and O–H groups in total. The summed E-state index contributed by atoms with van der Waals surface area (Å²) >= 11 is 0. The highest BCUT2D eigenvalue weighted by Crippen LogP contribution is 2.33. The molecule has 3 atom stereocenters. The zero-order valence-corrected chi connectivity index (χ0v) is 9.18. The van der Waals surface area contributed by atoms with Crippen molar-refractivity contribution in [3.05, 3.63) is 0 Å². The molecule has 78 valence electrons. The Bertz CT molecular complexity index is 138. The normalized spacial score (nSPS) is 34.8. The van der Waals surface area contributed by atoms with Crippen LogP contribution in [0.2, 0.25) is 0 Å². The fourth-order valence-electron chi connectivity index (χ4n) is 2.51. The van der Waals surface area contributed by atoms with E-state index in [1.807, 2.05) is 14.2 Å². The molecule has 0 aromatic heterocycles. The predicted octanol–water partition coefficient (Wildman–Crippen LogP) is 1.90. The summed E-state index contributed by atoms with van der Waals surface area (Å²) in [5.74, 6) is 2.51. The highest BCUT2D eigenvalue weighted by Gasteiger charge is 2.27. The van der Waals surface area contributed by atoms with Crippen molar-refractivity contribution in [3.8, 4) is 0 Å². The molecule has 0 aromatic rings. The second kappa shape index (κ2) is 5.61. The summed E-state index contributed by atoms with van der Waals surface area (Å²) in [6.45, 7) is 4.45. The maximum atomic E-state index is 5.28. The average molecular weight is 185 g/mol. The van der Waals surface area contributed by atoms with E-state index in [0.717, 1.165) is 30.9 Å². The lowest BCUT2D eigenvalue weighted by Gasteiger charge is -2.34. The number of ether oxygens (including phenoxy) is 1. The van der Waals surface area contributed by atoms with Crippen LogP contribution < -0.4 is 5.32 Å². The van der Waals surface area contributed by atoms with E-state index in [-0.39, 0.29) is 0 Å². The number of methoxy groups -OCH3 is 1. The topological polar surface area (TPSA) is 21.3 Å². The molecule has 3 unspecified atom stereocenters. The molecule has 1 aliphatic carbocycles. The van der Waals surface area contributed by atoms with Gasteiger partial charge in [0.25, 0.3) is 0 Å². The quantitative estimate of drug-likeness (QED) is 0.722. The van der Waals surface area contributed by atoms with Crippen LogP contribution in [0.15, 0.2) is 0 Å². The van der Waals surface area contributed by atoms with Gasteiger partial charge >= 0.3 is 0 Å². The molecule has 0 aromatic carbocycles. The van der Waals surface area contributed by atoms with Crippen molar-refractivity contribution < 1.29 is 4.74 Å². The van der Waals surface area contributed by atoms with Crippen LogP contribution in [0.1, 0.15) is 26.2 Å². The molecule has 2 heteroatoms. The van der Waals surface area contributed by atoms with Gasteiger partial charge in [-0.3, -0.25) is 0 Å². The molecule has 0 bridgehead atoms. The third-order valence-corrected chi connectivity index (χ3v) is 3.25. The summed E-state index contributed by atoms with van der Waals surface area (Å²) in [5.41, 5.74) is 0. The zero-order chi connectivity index (χ0) is 9.68. The smallest absolute Gasteiger partial charge is 0.0493 e. The Morgan fingerprint density at radius 3 is 2.69 bits per heavy atom. The Hall–Kier alpha value is -0.0800. The van der Waals surface area contributed by atoms with E-state index in [0.29, 0.717) is 0 Å². The van der Waals surface area contributed by atoms with Crippen molar-refractivity contribution in [1.82, 2.24) is 5.32 Å². The lowest BCUT2D eigenvalue weighted by molar-refractivity contribution is 0.0777. The van der Waals surface area contributed by atoms with Gasteiger partial charge in [0.15, 0.2) is 0 Å². The van der Waals surface area contributed by atoms with E-state index in [1.165, 1.54) is 19.3 Å². The molecule has 2 nitrogen and oxygen atoms in total. The molecular formula is C11H23NO. The number of nitrogens with one attached hydrogen (secondary N) is 1. The molecule has 1 fully saturated rings. The number of rotatable bonds is 4. The van der Waals surface area contributed by atoms with E-state index in [4.69, 9.17) is 4.74 Å².